The molecular formula is C30H42N4O6. The molecule has 2 aliphatic rings. The van der Waals surface area contributed by atoms with Crippen molar-refractivity contribution in [2.75, 3.05) is 31.9 Å². The molecule has 0 saturated heterocycles. The average molecular weight is 555 g/mol. The van der Waals surface area contributed by atoms with Gasteiger partial charge in [-0.05, 0) is 102 Å². The van der Waals surface area contributed by atoms with Gasteiger partial charge in [0.1, 0.15) is 11.2 Å². The summed E-state index contributed by atoms with van der Waals surface area (Å²) in [4.78, 5) is 38.0. The predicted molar refractivity (Wildman–Crippen MR) is 154 cm³/mol. The lowest BCUT2D eigenvalue weighted by atomic mass is 10.0. The summed E-state index contributed by atoms with van der Waals surface area (Å²) < 4.78 is 10.8. The van der Waals surface area contributed by atoms with Gasteiger partial charge in [-0.2, -0.15) is 0 Å². The summed E-state index contributed by atoms with van der Waals surface area (Å²) in [5.74, 6) is 0. The van der Waals surface area contributed by atoms with Crippen LogP contribution in [-0.4, -0.2) is 64.3 Å². The number of fused-ring (bicyclic) bond motifs is 2. The van der Waals surface area contributed by atoms with Crippen LogP contribution in [0.15, 0.2) is 36.4 Å². The van der Waals surface area contributed by atoms with E-state index in [0.29, 0.717) is 39.0 Å². The normalized spacial score (nSPS) is 15.3. The second-order valence-electron chi connectivity index (χ2n) is 12.2. The van der Waals surface area contributed by atoms with Gasteiger partial charge in [-0.1, -0.05) is 12.1 Å². The second kappa shape index (κ2) is 12.6. The monoisotopic (exact) mass is 554 g/mol. The highest BCUT2D eigenvalue weighted by Gasteiger charge is 2.26. The number of rotatable bonds is 1. The lowest BCUT2D eigenvalue weighted by Crippen LogP contribution is -2.38. The first-order valence-electron chi connectivity index (χ1n) is 13.7. The van der Waals surface area contributed by atoms with Crippen molar-refractivity contribution in [3.8, 4) is 0 Å². The van der Waals surface area contributed by atoms with Gasteiger partial charge in [-0.3, -0.25) is 10.1 Å². The van der Waals surface area contributed by atoms with Crippen molar-refractivity contribution in [1.82, 2.24) is 9.80 Å². The molecule has 2 N–H and O–H groups in total. The van der Waals surface area contributed by atoms with Crippen molar-refractivity contribution in [1.29, 1.82) is 0 Å². The topological polar surface area (TPSA) is 128 Å². The fourth-order valence-corrected chi connectivity index (χ4v) is 4.59. The van der Waals surface area contributed by atoms with E-state index >= 15 is 0 Å². The Kier molecular flexibility index (Phi) is 9.65. The molecule has 2 heterocycles. The molecule has 0 unspecified atom stereocenters. The minimum atomic E-state index is -0.519. The Labute approximate surface area is 236 Å². The summed E-state index contributed by atoms with van der Waals surface area (Å²) in [6.45, 7) is 13.6. The van der Waals surface area contributed by atoms with Crippen LogP contribution in [0.4, 0.5) is 21.0 Å². The van der Waals surface area contributed by atoms with E-state index in [1.54, 1.807) is 21.9 Å². The Morgan fingerprint density at radius 1 is 0.725 bits per heavy atom. The maximum Gasteiger partial charge on any atom is 0.410 e. The third-order valence-electron chi connectivity index (χ3n) is 6.54. The highest BCUT2D eigenvalue weighted by molar-refractivity contribution is 5.69. The molecule has 0 fully saturated rings. The van der Waals surface area contributed by atoms with E-state index in [4.69, 9.17) is 15.2 Å². The van der Waals surface area contributed by atoms with Gasteiger partial charge in [0.25, 0.3) is 5.69 Å². The summed E-state index contributed by atoms with van der Waals surface area (Å²) in [6.07, 6.45) is 2.43. The first-order chi connectivity index (χ1) is 18.6. The fraction of sp³-hybridized carbons (Fsp3) is 0.533. The molecule has 10 heteroatoms. The SMILES string of the molecule is CC(C)(C)OC(=O)N1CCc2ccc(N)cc2CC1.CC(C)(C)OC(=O)N1CCc2ccc([N+](=O)[O-])cc2CC1. The molecule has 2 aromatic carbocycles. The molecule has 0 atom stereocenters. The number of anilines is 1. The molecule has 2 amide bonds. The lowest BCUT2D eigenvalue weighted by Gasteiger charge is -2.26. The van der Waals surface area contributed by atoms with E-state index in [1.807, 2.05) is 53.7 Å². The van der Waals surface area contributed by atoms with Gasteiger partial charge in [-0.15, -0.1) is 0 Å². The van der Waals surface area contributed by atoms with Crippen molar-refractivity contribution in [3.63, 3.8) is 0 Å². The minimum absolute atomic E-state index is 0.0967. The summed E-state index contributed by atoms with van der Waals surface area (Å²) in [6, 6.07) is 10.9. The van der Waals surface area contributed by atoms with E-state index in [1.165, 1.54) is 17.2 Å². The van der Waals surface area contributed by atoms with Crippen molar-refractivity contribution < 1.29 is 24.0 Å². The first-order valence-corrected chi connectivity index (χ1v) is 13.7. The molecule has 2 aromatic rings. The van der Waals surface area contributed by atoms with Crippen LogP contribution in [0.25, 0.3) is 0 Å². The third-order valence-corrected chi connectivity index (χ3v) is 6.54. The molecule has 0 bridgehead atoms. The lowest BCUT2D eigenvalue weighted by molar-refractivity contribution is -0.384. The molecular weight excluding hydrogens is 512 g/mol. The van der Waals surface area contributed by atoms with Crippen LogP contribution in [0.2, 0.25) is 0 Å². The molecule has 0 radical (unpaired) electrons. The number of hydrogen-bond donors (Lipinski definition) is 1. The number of carbonyl (C=O) groups is 2. The van der Waals surface area contributed by atoms with Crippen LogP contribution in [0.1, 0.15) is 63.8 Å². The van der Waals surface area contributed by atoms with Crippen LogP contribution in [-0.2, 0) is 35.2 Å². The summed E-state index contributed by atoms with van der Waals surface area (Å²) in [5, 5.41) is 10.8. The summed E-state index contributed by atoms with van der Waals surface area (Å²) in [7, 11) is 0. The Morgan fingerprint density at radius 3 is 1.55 bits per heavy atom. The largest absolute Gasteiger partial charge is 0.444 e. The van der Waals surface area contributed by atoms with Crippen LogP contribution in [0, 0.1) is 10.1 Å². The average Bonchev–Trinajstić information content (AvgIpc) is 3.18. The third kappa shape index (κ3) is 9.14. The number of benzene rings is 2. The van der Waals surface area contributed by atoms with E-state index < -0.39 is 16.1 Å². The van der Waals surface area contributed by atoms with Crippen molar-refractivity contribution in [2.45, 2.75) is 78.4 Å². The highest BCUT2D eigenvalue weighted by atomic mass is 16.6. The number of non-ortho nitro benzene ring substituents is 1. The Hall–Kier alpha value is -3.82. The molecule has 2 aliphatic heterocycles. The smallest absolute Gasteiger partial charge is 0.410 e. The summed E-state index contributed by atoms with van der Waals surface area (Å²) in [5.41, 5.74) is 10.2. The molecule has 0 aliphatic carbocycles. The Morgan fingerprint density at radius 2 is 1.12 bits per heavy atom. The van der Waals surface area contributed by atoms with Crippen LogP contribution >= 0.6 is 0 Å². The van der Waals surface area contributed by atoms with Crippen LogP contribution in [0.3, 0.4) is 0 Å². The number of nitrogen functional groups attached to an aromatic ring is 1. The number of nitro groups is 1. The summed E-state index contributed by atoms with van der Waals surface area (Å²) >= 11 is 0. The second-order valence-corrected chi connectivity index (χ2v) is 12.2. The molecule has 0 saturated carbocycles. The fourth-order valence-electron chi connectivity index (χ4n) is 4.59. The Bertz CT molecular complexity index is 1230. The molecule has 10 nitrogen and oxygen atoms in total. The van der Waals surface area contributed by atoms with Gasteiger partial charge >= 0.3 is 12.2 Å². The molecule has 0 spiro atoms. The van der Waals surface area contributed by atoms with Gasteiger partial charge in [0.05, 0.1) is 4.92 Å². The van der Waals surface area contributed by atoms with E-state index in [9.17, 15) is 19.7 Å². The molecule has 218 valence electrons. The predicted octanol–water partition coefficient (Wildman–Crippen LogP) is 5.54. The Balaban J connectivity index is 0.000000222. The van der Waals surface area contributed by atoms with Crippen molar-refractivity contribution >= 4 is 23.6 Å². The first kappa shape index (κ1) is 30.7. The van der Waals surface area contributed by atoms with Gasteiger partial charge in [-0.25, -0.2) is 9.59 Å². The van der Waals surface area contributed by atoms with Gasteiger partial charge in [0.2, 0.25) is 0 Å². The number of hydrogen-bond acceptors (Lipinski definition) is 7. The number of amides is 2. The number of nitro benzene ring substituents is 1. The quantitative estimate of drug-likeness (QED) is 0.279. The van der Waals surface area contributed by atoms with E-state index in [-0.39, 0.29) is 17.9 Å². The number of nitrogens with zero attached hydrogens (tertiary/aromatic N) is 3. The highest BCUT2D eigenvalue weighted by Crippen LogP contribution is 2.23. The standard InChI is InChI=1S/C15H20N2O4.C15H22N2O2/c1-15(2,3)21-14(18)16-8-6-11-4-5-13(17(19)20)10-12(11)7-9-16;1-15(2,3)19-14(18)17-8-6-11-4-5-13(16)10-12(11)7-9-17/h4-5,10H,6-9H2,1-3H3;4-5,10H,6-9,16H2,1-3H3. The van der Waals surface area contributed by atoms with Crippen molar-refractivity contribution in [3.05, 3.63) is 68.8 Å². The number of carbonyl (C=O) groups excluding carboxylic acids is 2. The van der Waals surface area contributed by atoms with E-state index in [2.05, 4.69) is 6.07 Å². The maximum atomic E-state index is 12.1. The zero-order valence-electron chi connectivity index (χ0n) is 24.5. The van der Waals surface area contributed by atoms with Gasteiger partial charge in [0.15, 0.2) is 0 Å². The minimum Gasteiger partial charge on any atom is -0.444 e. The zero-order valence-corrected chi connectivity index (χ0v) is 24.5. The zero-order chi connectivity index (χ0) is 29.7. The molecule has 0 aromatic heterocycles. The van der Waals surface area contributed by atoms with Gasteiger partial charge < -0.3 is 25.0 Å². The van der Waals surface area contributed by atoms with Crippen LogP contribution in [0.5, 0.6) is 0 Å². The molecule has 4 rings (SSSR count). The van der Waals surface area contributed by atoms with Crippen LogP contribution < -0.4 is 5.73 Å². The number of nitrogens with two attached hydrogens (primary N) is 1. The number of ether oxygens (including phenoxy) is 2. The van der Waals surface area contributed by atoms with Crippen molar-refractivity contribution in [2.24, 2.45) is 0 Å². The molecule has 40 heavy (non-hydrogen) atoms. The van der Waals surface area contributed by atoms with Gasteiger partial charge in [0, 0.05) is 44.0 Å². The maximum absolute atomic E-state index is 12.1. The van der Waals surface area contributed by atoms with E-state index in [0.717, 1.165) is 29.7 Å².